The Hall–Kier alpha value is -0.240. The Bertz CT molecular complexity index is 188. The predicted molar refractivity (Wildman–Crippen MR) is 64.1 cm³/mol. The summed E-state index contributed by atoms with van der Waals surface area (Å²) in [6.07, 6.45) is 7.95. The molecule has 15 heavy (non-hydrogen) atoms. The molecule has 1 amide bonds. The number of hydrogen-bond acceptors (Lipinski definition) is 1. The van der Waals surface area contributed by atoms with Gasteiger partial charge in [0.25, 0.3) is 0 Å². The third-order valence-corrected chi connectivity index (χ3v) is 3.42. The van der Waals surface area contributed by atoms with Crippen LogP contribution in [0.3, 0.4) is 0 Å². The van der Waals surface area contributed by atoms with Gasteiger partial charge in [-0.25, -0.2) is 0 Å². The molecule has 0 heterocycles. The summed E-state index contributed by atoms with van der Waals surface area (Å²) in [6, 6.07) is 0.411. The second-order valence-corrected chi connectivity index (χ2v) is 4.89. The zero-order valence-electron chi connectivity index (χ0n) is 9.60. The molecule has 0 aromatic carbocycles. The molecule has 3 heteroatoms. The first-order chi connectivity index (χ1) is 7.26. The van der Waals surface area contributed by atoms with E-state index in [9.17, 15) is 4.79 Å². The lowest BCUT2D eigenvalue weighted by atomic mass is 9.83. The molecule has 1 fully saturated rings. The van der Waals surface area contributed by atoms with Crippen molar-refractivity contribution in [3.05, 3.63) is 0 Å². The van der Waals surface area contributed by atoms with Crippen molar-refractivity contribution in [1.82, 2.24) is 5.32 Å². The van der Waals surface area contributed by atoms with Gasteiger partial charge in [-0.1, -0.05) is 19.8 Å². The van der Waals surface area contributed by atoms with Crippen LogP contribution in [-0.4, -0.2) is 17.8 Å². The van der Waals surface area contributed by atoms with Gasteiger partial charge in [0, 0.05) is 18.3 Å². The second-order valence-electron chi connectivity index (χ2n) is 4.51. The molecule has 0 aromatic heterocycles. The van der Waals surface area contributed by atoms with Crippen LogP contribution in [0, 0.1) is 5.92 Å². The normalized spacial score (nSPS) is 26.3. The van der Waals surface area contributed by atoms with Crippen LogP contribution in [0.25, 0.3) is 0 Å². The Morgan fingerprint density at radius 3 is 2.53 bits per heavy atom. The number of nitrogens with one attached hydrogen (secondary N) is 1. The summed E-state index contributed by atoms with van der Waals surface area (Å²) in [5.74, 6) is 1.44. The highest BCUT2D eigenvalue weighted by Gasteiger charge is 2.21. The Balaban J connectivity index is 2.16. The van der Waals surface area contributed by atoms with Crippen LogP contribution in [0.1, 0.15) is 51.9 Å². The summed E-state index contributed by atoms with van der Waals surface area (Å²) >= 11 is 5.52. The summed E-state index contributed by atoms with van der Waals surface area (Å²) in [7, 11) is 0. The molecule has 0 unspecified atom stereocenters. The van der Waals surface area contributed by atoms with Crippen molar-refractivity contribution < 1.29 is 4.79 Å². The van der Waals surface area contributed by atoms with E-state index in [1.807, 2.05) is 0 Å². The number of carbonyl (C=O) groups excluding carboxylic acids is 1. The number of rotatable bonds is 5. The van der Waals surface area contributed by atoms with E-state index in [4.69, 9.17) is 11.6 Å². The number of halogens is 1. The van der Waals surface area contributed by atoms with Gasteiger partial charge >= 0.3 is 0 Å². The second kappa shape index (κ2) is 7.10. The first-order valence-corrected chi connectivity index (χ1v) is 6.65. The van der Waals surface area contributed by atoms with Crippen LogP contribution in [-0.2, 0) is 4.79 Å². The van der Waals surface area contributed by atoms with Gasteiger partial charge in [-0.3, -0.25) is 4.79 Å². The van der Waals surface area contributed by atoms with E-state index in [1.165, 1.54) is 25.7 Å². The molecule has 1 rings (SSSR count). The van der Waals surface area contributed by atoms with Gasteiger partial charge < -0.3 is 5.32 Å². The van der Waals surface area contributed by atoms with Crippen LogP contribution in [0.4, 0.5) is 0 Å². The molecule has 1 aliphatic rings. The maximum Gasteiger partial charge on any atom is 0.221 e. The van der Waals surface area contributed by atoms with E-state index in [1.54, 1.807) is 0 Å². The fourth-order valence-electron chi connectivity index (χ4n) is 2.39. The zero-order valence-corrected chi connectivity index (χ0v) is 10.4. The van der Waals surface area contributed by atoms with Crippen LogP contribution >= 0.6 is 11.6 Å². The molecule has 88 valence electrons. The van der Waals surface area contributed by atoms with Crippen molar-refractivity contribution in [2.45, 2.75) is 57.9 Å². The SMILES string of the molecule is CCCC1CCC(NC(=O)CCCl)CC1. The molecule has 2 nitrogen and oxygen atoms in total. The van der Waals surface area contributed by atoms with Crippen LogP contribution < -0.4 is 5.32 Å². The van der Waals surface area contributed by atoms with Gasteiger partial charge in [0.15, 0.2) is 0 Å². The van der Waals surface area contributed by atoms with E-state index in [-0.39, 0.29) is 5.91 Å². The zero-order chi connectivity index (χ0) is 11.1. The molecule has 0 atom stereocenters. The molecule has 1 N–H and O–H groups in total. The van der Waals surface area contributed by atoms with Gasteiger partial charge in [-0.15, -0.1) is 11.6 Å². The van der Waals surface area contributed by atoms with E-state index in [0.29, 0.717) is 18.3 Å². The molecular formula is C12H22ClNO. The lowest BCUT2D eigenvalue weighted by Crippen LogP contribution is -2.37. The molecule has 0 aromatic rings. The van der Waals surface area contributed by atoms with E-state index >= 15 is 0 Å². The Morgan fingerprint density at radius 2 is 2.00 bits per heavy atom. The lowest BCUT2D eigenvalue weighted by Gasteiger charge is -2.28. The monoisotopic (exact) mass is 231 g/mol. The molecule has 1 saturated carbocycles. The first kappa shape index (κ1) is 12.8. The molecule has 1 aliphatic carbocycles. The van der Waals surface area contributed by atoms with Crippen molar-refractivity contribution in [2.75, 3.05) is 5.88 Å². The van der Waals surface area contributed by atoms with Crippen molar-refractivity contribution >= 4 is 17.5 Å². The number of hydrogen-bond donors (Lipinski definition) is 1. The molecule has 0 aliphatic heterocycles. The van der Waals surface area contributed by atoms with Gasteiger partial charge in [-0.05, 0) is 31.6 Å². The standard InChI is InChI=1S/C12H22ClNO/c1-2-3-10-4-6-11(7-5-10)14-12(15)8-9-13/h10-11H,2-9H2,1H3,(H,14,15). The van der Waals surface area contributed by atoms with Crippen LogP contribution in [0.15, 0.2) is 0 Å². The average Bonchev–Trinajstić information content (AvgIpc) is 2.22. The summed E-state index contributed by atoms with van der Waals surface area (Å²) in [5.41, 5.74) is 0. The van der Waals surface area contributed by atoms with E-state index in [2.05, 4.69) is 12.2 Å². The van der Waals surface area contributed by atoms with Crippen LogP contribution in [0.5, 0.6) is 0 Å². The Kier molecular flexibility index (Phi) is 6.07. The quantitative estimate of drug-likeness (QED) is 0.724. The summed E-state index contributed by atoms with van der Waals surface area (Å²) in [6.45, 7) is 2.24. The maximum atomic E-state index is 11.3. The van der Waals surface area contributed by atoms with E-state index < -0.39 is 0 Å². The summed E-state index contributed by atoms with van der Waals surface area (Å²) < 4.78 is 0. The Morgan fingerprint density at radius 1 is 1.33 bits per heavy atom. The third-order valence-electron chi connectivity index (χ3n) is 3.23. The smallest absolute Gasteiger partial charge is 0.221 e. The maximum absolute atomic E-state index is 11.3. The van der Waals surface area contributed by atoms with Gasteiger partial charge in [0.1, 0.15) is 0 Å². The fraction of sp³-hybridized carbons (Fsp3) is 0.917. The van der Waals surface area contributed by atoms with Gasteiger partial charge in [0.05, 0.1) is 0 Å². The topological polar surface area (TPSA) is 29.1 Å². The minimum absolute atomic E-state index is 0.115. The van der Waals surface area contributed by atoms with Crippen molar-refractivity contribution in [3.63, 3.8) is 0 Å². The third kappa shape index (κ3) is 4.87. The highest BCUT2D eigenvalue weighted by atomic mass is 35.5. The number of amides is 1. The van der Waals surface area contributed by atoms with Gasteiger partial charge in [-0.2, -0.15) is 0 Å². The summed E-state index contributed by atoms with van der Waals surface area (Å²) in [5, 5.41) is 3.06. The largest absolute Gasteiger partial charge is 0.353 e. The number of carbonyl (C=O) groups is 1. The number of alkyl halides is 1. The molecule has 0 saturated heterocycles. The van der Waals surface area contributed by atoms with Crippen molar-refractivity contribution in [1.29, 1.82) is 0 Å². The highest BCUT2D eigenvalue weighted by molar-refractivity contribution is 6.18. The molecule has 0 spiro atoms. The average molecular weight is 232 g/mol. The van der Waals surface area contributed by atoms with Crippen molar-refractivity contribution in [2.24, 2.45) is 5.92 Å². The lowest BCUT2D eigenvalue weighted by molar-refractivity contribution is -0.121. The van der Waals surface area contributed by atoms with Gasteiger partial charge in [0.2, 0.25) is 5.91 Å². The predicted octanol–water partition coefficient (Wildman–Crippen LogP) is 3.09. The summed E-state index contributed by atoms with van der Waals surface area (Å²) in [4.78, 5) is 11.3. The minimum Gasteiger partial charge on any atom is -0.353 e. The Labute approximate surface area is 97.8 Å². The first-order valence-electron chi connectivity index (χ1n) is 6.11. The molecular weight excluding hydrogens is 210 g/mol. The molecule has 0 bridgehead atoms. The highest BCUT2D eigenvalue weighted by Crippen LogP contribution is 2.27. The minimum atomic E-state index is 0.115. The van der Waals surface area contributed by atoms with E-state index in [0.717, 1.165) is 18.8 Å². The van der Waals surface area contributed by atoms with Crippen molar-refractivity contribution in [3.8, 4) is 0 Å². The van der Waals surface area contributed by atoms with Crippen LogP contribution in [0.2, 0.25) is 0 Å². The fourth-order valence-corrected chi connectivity index (χ4v) is 2.56. The molecule has 0 radical (unpaired) electrons.